The number of rotatable bonds is 4. The first-order chi connectivity index (χ1) is 13.2. The van der Waals surface area contributed by atoms with Crippen LogP contribution in [0.4, 0.5) is 5.69 Å². The van der Waals surface area contributed by atoms with Gasteiger partial charge in [0.25, 0.3) is 11.5 Å². The number of aromatic amines is 1. The third kappa shape index (κ3) is 3.22. The van der Waals surface area contributed by atoms with Crippen LogP contribution in [0.15, 0.2) is 70.7 Å². The van der Waals surface area contributed by atoms with Gasteiger partial charge in [0.2, 0.25) is 0 Å². The molecule has 2 N–H and O–H groups in total. The molecule has 0 aliphatic carbocycles. The number of amides is 1. The number of aromatic nitrogens is 4. The molecule has 27 heavy (non-hydrogen) atoms. The smallest absolute Gasteiger partial charge is 0.261 e. The van der Waals surface area contributed by atoms with E-state index in [4.69, 9.17) is 0 Å². The average Bonchev–Trinajstić information content (AvgIpc) is 3.14. The number of benzene rings is 2. The number of hydrogen-bond donors (Lipinski definition) is 2. The molecular weight excluding hydrogens is 362 g/mol. The highest BCUT2D eigenvalue weighted by atomic mass is 32.2. The van der Waals surface area contributed by atoms with E-state index in [-0.39, 0.29) is 11.5 Å². The molecule has 0 bridgehead atoms. The fourth-order valence-electron chi connectivity index (χ4n) is 2.73. The summed E-state index contributed by atoms with van der Waals surface area (Å²) in [6, 6.07) is 14.6. The van der Waals surface area contributed by atoms with E-state index >= 15 is 0 Å². The maximum absolute atomic E-state index is 12.6. The number of nitrogens with one attached hydrogen (secondary N) is 2. The zero-order chi connectivity index (χ0) is 18.8. The second-order valence-corrected chi connectivity index (χ2v) is 6.60. The van der Waals surface area contributed by atoms with Gasteiger partial charge in [-0.25, -0.2) is 9.67 Å². The summed E-state index contributed by atoms with van der Waals surface area (Å²) in [6.45, 7) is 0. The molecule has 7 nitrogen and oxygen atoms in total. The number of H-pyrrole nitrogens is 1. The minimum Gasteiger partial charge on any atom is -0.320 e. The van der Waals surface area contributed by atoms with Crippen molar-refractivity contribution in [2.24, 2.45) is 0 Å². The van der Waals surface area contributed by atoms with Crippen LogP contribution in [0, 0.1) is 0 Å². The molecule has 0 saturated heterocycles. The summed E-state index contributed by atoms with van der Waals surface area (Å²) < 4.78 is 1.54. The summed E-state index contributed by atoms with van der Waals surface area (Å²) in [5, 5.41) is 7.56. The third-order valence-corrected chi connectivity index (χ3v) is 4.85. The minimum absolute atomic E-state index is 0.225. The lowest BCUT2D eigenvalue weighted by molar-refractivity contribution is 0.102. The molecule has 2 aromatic heterocycles. The van der Waals surface area contributed by atoms with E-state index in [9.17, 15) is 9.59 Å². The van der Waals surface area contributed by atoms with Crippen LogP contribution in [0.5, 0.6) is 0 Å². The molecule has 134 valence electrons. The first-order valence-corrected chi connectivity index (χ1v) is 9.36. The third-order valence-electron chi connectivity index (χ3n) is 4.10. The Balaban J connectivity index is 1.71. The molecule has 4 rings (SSSR count). The molecular formula is C19H15N5O2S. The Morgan fingerprint density at radius 3 is 2.70 bits per heavy atom. The number of thioether (sulfide) groups is 1. The zero-order valence-electron chi connectivity index (χ0n) is 14.3. The molecule has 8 heteroatoms. The second-order valence-electron chi connectivity index (χ2n) is 5.73. The monoisotopic (exact) mass is 377 g/mol. The number of carbonyl (C=O) groups is 1. The molecule has 4 aromatic rings. The first-order valence-electron chi connectivity index (χ1n) is 8.13. The lowest BCUT2D eigenvalue weighted by atomic mass is 10.2. The van der Waals surface area contributed by atoms with Crippen molar-refractivity contribution in [3.63, 3.8) is 0 Å². The summed E-state index contributed by atoms with van der Waals surface area (Å²) in [6.07, 6.45) is 4.77. The van der Waals surface area contributed by atoms with E-state index in [0.717, 1.165) is 4.90 Å². The molecule has 0 radical (unpaired) electrons. The highest BCUT2D eigenvalue weighted by molar-refractivity contribution is 7.98. The topological polar surface area (TPSA) is 92.7 Å². The van der Waals surface area contributed by atoms with Crippen LogP contribution in [0.2, 0.25) is 0 Å². The van der Waals surface area contributed by atoms with Gasteiger partial charge in [0.05, 0.1) is 23.9 Å². The number of carbonyl (C=O) groups excluding carboxylic acids is 1. The van der Waals surface area contributed by atoms with Crippen molar-refractivity contribution in [2.75, 3.05) is 11.6 Å². The predicted octanol–water partition coefficient (Wildman–Crippen LogP) is 3.08. The molecule has 0 saturated carbocycles. The van der Waals surface area contributed by atoms with Gasteiger partial charge in [-0.1, -0.05) is 12.1 Å². The van der Waals surface area contributed by atoms with Crippen molar-refractivity contribution in [2.45, 2.75) is 4.90 Å². The van der Waals surface area contributed by atoms with Crippen LogP contribution in [-0.2, 0) is 0 Å². The molecule has 0 atom stereocenters. The predicted molar refractivity (Wildman–Crippen MR) is 106 cm³/mol. The lowest BCUT2D eigenvalue weighted by Gasteiger charge is -2.11. The largest absolute Gasteiger partial charge is 0.320 e. The highest BCUT2D eigenvalue weighted by Crippen LogP contribution is 2.23. The van der Waals surface area contributed by atoms with Crippen LogP contribution < -0.4 is 10.9 Å². The van der Waals surface area contributed by atoms with Gasteiger partial charge in [0.1, 0.15) is 5.39 Å². The molecule has 2 aromatic carbocycles. The molecule has 0 fully saturated rings. The molecule has 0 unspecified atom stereocenters. The fraction of sp³-hybridized carbons (Fsp3) is 0.0526. The Morgan fingerprint density at radius 2 is 1.93 bits per heavy atom. The summed E-state index contributed by atoms with van der Waals surface area (Å²) in [5.41, 5.74) is 1.91. The Morgan fingerprint density at radius 1 is 1.15 bits per heavy atom. The van der Waals surface area contributed by atoms with E-state index in [0.29, 0.717) is 28.0 Å². The van der Waals surface area contributed by atoms with Crippen LogP contribution in [0.25, 0.3) is 16.7 Å². The standard InChI is InChI=1S/C19H15N5O2S/c1-27-13-8-6-12(7-9-13)18(25)23-15-4-2-3-5-16(15)24-17-14(10-22-24)19(26)21-11-20-17/h2-11H,1H3,(H,23,25)(H,20,21,26). The van der Waals surface area contributed by atoms with E-state index in [1.807, 2.05) is 36.6 Å². The van der Waals surface area contributed by atoms with Crippen molar-refractivity contribution in [3.8, 4) is 5.69 Å². The fourth-order valence-corrected chi connectivity index (χ4v) is 3.14. The van der Waals surface area contributed by atoms with Crippen LogP contribution in [0.1, 0.15) is 10.4 Å². The maximum atomic E-state index is 12.6. The summed E-state index contributed by atoms with van der Waals surface area (Å²) in [7, 11) is 0. The summed E-state index contributed by atoms with van der Waals surface area (Å²) in [5.74, 6) is -0.225. The second kappa shape index (κ2) is 7.08. The number of nitrogens with zero attached hydrogens (tertiary/aromatic N) is 3. The van der Waals surface area contributed by atoms with Crippen LogP contribution in [0.3, 0.4) is 0 Å². The van der Waals surface area contributed by atoms with Crippen molar-refractivity contribution in [3.05, 3.63) is 77.0 Å². The van der Waals surface area contributed by atoms with Gasteiger partial charge in [0.15, 0.2) is 5.65 Å². The summed E-state index contributed by atoms with van der Waals surface area (Å²) >= 11 is 1.62. The van der Waals surface area contributed by atoms with Gasteiger partial charge in [0, 0.05) is 10.5 Å². The van der Waals surface area contributed by atoms with Crippen molar-refractivity contribution in [1.29, 1.82) is 0 Å². The Labute approximate surface area is 158 Å². The van der Waals surface area contributed by atoms with Gasteiger partial charge in [-0.3, -0.25) is 9.59 Å². The van der Waals surface area contributed by atoms with E-state index in [2.05, 4.69) is 20.4 Å². The quantitative estimate of drug-likeness (QED) is 0.533. The van der Waals surface area contributed by atoms with Crippen molar-refractivity contribution < 1.29 is 4.79 Å². The molecule has 1 amide bonds. The molecule has 0 spiro atoms. The molecule has 0 aliphatic rings. The van der Waals surface area contributed by atoms with Gasteiger partial charge >= 0.3 is 0 Å². The summed E-state index contributed by atoms with van der Waals surface area (Å²) in [4.78, 5) is 32.4. The van der Waals surface area contributed by atoms with Gasteiger partial charge < -0.3 is 10.3 Å². The van der Waals surface area contributed by atoms with Gasteiger partial charge in [-0.2, -0.15) is 5.10 Å². The van der Waals surface area contributed by atoms with E-state index < -0.39 is 0 Å². The number of fused-ring (bicyclic) bond motifs is 1. The number of anilines is 1. The Hall–Kier alpha value is -3.39. The average molecular weight is 377 g/mol. The molecule has 2 heterocycles. The Bertz CT molecular complexity index is 1180. The number of para-hydroxylation sites is 2. The first kappa shape index (κ1) is 17.0. The van der Waals surface area contributed by atoms with Crippen LogP contribution in [-0.4, -0.2) is 31.9 Å². The molecule has 0 aliphatic heterocycles. The van der Waals surface area contributed by atoms with Crippen LogP contribution >= 0.6 is 11.8 Å². The van der Waals surface area contributed by atoms with Crippen molar-refractivity contribution in [1.82, 2.24) is 19.7 Å². The SMILES string of the molecule is CSc1ccc(C(=O)Nc2ccccc2-n2ncc3c(=O)[nH]cnc32)cc1. The zero-order valence-corrected chi connectivity index (χ0v) is 15.2. The van der Waals surface area contributed by atoms with Gasteiger partial charge in [-0.05, 0) is 42.7 Å². The number of hydrogen-bond acceptors (Lipinski definition) is 5. The Kier molecular flexibility index (Phi) is 4.47. The normalized spacial score (nSPS) is 10.9. The van der Waals surface area contributed by atoms with E-state index in [1.165, 1.54) is 17.2 Å². The van der Waals surface area contributed by atoms with Gasteiger partial charge in [-0.15, -0.1) is 11.8 Å². The highest BCUT2D eigenvalue weighted by Gasteiger charge is 2.14. The minimum atomic E-state index is -0.262. The van der Waals surface area contributed by atoms with E-state index in [1.54, 1.807) is 30.0 Å². The van der Waals surface area contributed by atoms with Crippen molar-refractivity contribution >= 4 is 34.4 Å². The lowest BCUT2D eigenvalue weighted by Crippen LogP contribution is -2.14. The maximum Gasteiger partial charge on any atom is 0.261 e.